The minimum Gasteiger partial charge on any atom is -0.396 e. The monoisotopic (exact) mass is 1680 g/mol. The molecule has 0 bridgehead atoms. The first-order valence-electron chi connectivity index (χ1n) is 34.2. The van der Waals surface area contributed by atoms with E-state index in [1.807, 2.05) is 20.8 Å². The minimum absolute atomic E-state index is 0. The Hall–Kier alpha value is 2.92. The number of rotatable bonds is 34. The fourth-order valence-corrected chi connectivity index (χ4v) is 37.4. The van der Waals surface area contributed by atoms with Crippen molar-refractivity contribution in [1.82, 2.24) is 0 Å². The highest BCUT2D eigenvalue weighted by Crippen LogP contribution is 2.72. The fraction of sp³-hybridized carbons (Fsp3) is 1.00. The molecule has 6 aliphatic carbocycles. The van der Waals surface area contributed by atoms with Gasteiger partial charge in [0.05, 0.1) is 92.3 Å². The molecule has 584 valence electrons. The maximum Gasteiger partial charge on any atom is 0.379 e. The van der Waals surface area contributed by atoms with Gasteiger partial charge in [0.15, 0.2) is 24.8 Å². The summed E-state index contributed by atoms with van der Waals surface area (Å²) in [6, 6.07) is 0. The Morgan fingerprint density at radius 3 is 0.931 bits per heavy atom. The summed E-state index contributed by atoms with van der Waals surface area (Å²) in [7, 11) is 11.4. The number of hydrogen-bond donors (Lipinski definition) is 8. The Bertz CT molecular complexity index is 2720. The Kier molecular flexibility index (Phi) is 50.3. The first-order chi connectivity index (χ1) is 45.8. The number of halogens is 4. The third-order valence-electron chi connectivity index (χ3n) is 18.8. The maximum atomic E-state index is 13.3. The van der Waals surface area contributed by atoms with Crippen molar-refractivity contribution in [1.29, 1.82) is 0 Å². The highest BCUT2D eigenvalue weighted by atomic mass is 32.7. The average Bonchev–Trinajstić information content (AvgIpc) is 1.80. The molecule has 8 N–H and O–H groups in total. The van der Waals surface area contributed by atoms with Crippen LogP contribution in [0.3, 0.4) is 0 Å². The quantitative estimate of drug-likeness (QED) is 0.0128. The Morgan fingerprint density at radius 2 is 0.663 bits per heavy atom. The fourth-order valence-electron chi connectivity index (χ4n) is 14.1. The van der Waals surface area contributed by atoms with Gasteiger partial charge in [-0.1, -0.05) is 223 Å². The van der Waals surface area contributed by atoms with Crippen molar-refractivity contribution in [3.63, 3.8) is 0 Å². The molecule has 25 atom stereocenters. The van der Waals surface area contributed by atoms with Crippen molar-refractivity contribution >= 4 is 160 Å². The third-order valence-corrected chi connectivity index (χ3v) is 42.8. The van der Waals surface area contributed by atoms with Crippen LogP contribution in [-0.2, 0) is 83.4 Å². The topological polar surface area (TPSA) is 345 Å². The summed E-state index contributed by atoms with van der Waals surface area (Å²) < 4.78 is 166. The molecule has 21 nitrogen and oxygen atoms in total. The summed E-state index contributed by atoms with van der Waals surface area (Å²) in [5.74, 6) is 1.41. The van der Waals surface area contributed by atoms with Crippen LogP contribution in [0.1, 0.15) is 165 Å². The second-order valence-corrected chi connectivity index (χ2v) is 54.6. The molecule has 0 aromatic rings. The van der Waals surface area contributed by atoms with Gasteiger partial charge in [-0.25, -0.2) is 0 Å². The normalized spacial score (nSPS) is 33.6. The molecule has 0 spiro atoms. The van der Waals surface area contributed by atoms with Crippen LogP contribution in [-0.4, -0.2) is 183 Å². The molecule has 12 radical (unpaired) electrons. The summed E-state index contributed by atoms with van der Waals surface area (Å²) in [5, 5.41) is 18.0. The van der Waals surface area contributed by atoms with E-state index in [0.717, 1.165) is 101 Å². The molecule has 0 saturated heterocycles. The largest absolute Gasteiger partial charge is 0.396 e. The molecule has 6 aliphatic rings. The number of aliphatic hydroxyl groups excluding tert-OH is 2. The summed E-state index contributed by atoms with van der Waals surface area (Å²) >= 11 is 11.5. The SMILES string of the molecule is C.[B][C@@H]1C[C@@H](CC)[C@@H](CO)C1.[B][C@@H]1C[C@@H](CC)[C@@H](COP(=O)(CP(=O)(O)SCC)SCC)C1.[B][C@@H]1C[C@@H](CC)[C@@H](COP(=O)(F)CP(=O)(O)F)C1.[B][C@@H]1C[C@@H](CC)[C@@H](COP(O)(=S)CP(O)(O)=S)C1.[B][C@@H]1C[C@@H](CC)[C@@H](COS(C)(=O)=O)C1.[B][C@@H]1C[C@@H](CO)[C@@H](COP(=O)(F)CP(=O)(O)F)C1. The van der Waals surface area contributed by atoms with Gasteiger partial charge in [-0.05, 0) is 106 Å². The van der Waals surface area contributed by atoms with Crippen LogP contribution < -0.4 is 0 Å². The van der Waals surface area contributed by atoms with E-state index in [4.69, 9.17) is 102 Å². The van der Waals surface area contributed by atoms with Crippen molar-refractivity contribution in [2.24, 2.45) is 71.0 Å². The second-order valence-electron chi connectivity index (χ2n) is 27.5. The molecular formula is C57H114B6F4O21P8S5. The van der Waals surface area contributed by atoms with E-state index < -0.39 is 78.8 Å². The Balaban J connectivity index is 0.00000120. The van der Waals surface area contributed by atoms with Crippen LogP contribution in [0.2, 0.25) is 34.9 Å². The molecule has 0 aliphatic heterocycles. The molecule has 7 unspecified atom stereocenters. The smallest absolute Gasteiger partial charge is 0.379 e. The summed E-state index contributed by atoms with van der Waals surface area (Å²) in [4.78, 5) is 54.8. The van der Waals surface area contributed by atoms with E-state index in [-0.39, 0.29) is 97.7 Å². The van der Waals surface area contributed by atoms with E-state index in [1.165, 1.54) is 17.8 Å². The maximum absolute atomic E-state index is 13.3. The first-order valence-corrected chi connectivity index (χ1v) is 55.4. The van der Waals surface area contributed by atoms with Crippen LogP contribution in [0.15, 0.2) is 0 Å². The first kappa shape index (κ1) is 104. The highest BCUT2D eigenvalue weighted by molar-refractivity contribution is 8.63. The zero-order chi connectivity index (χ0) is 77.1. The predicted octanol–water partition coefficient (Wildman–Crippen LogP) is 16.5. The molecule has 44 heteroatoms. The van der Waals surface area contributed by atoms with Gasteiger partial charge in [0.25, 0.3) is 23.3 Å². The zero-order valence-electron chi connectivity index (χ0n) is 59.1. The van der Waals surface area contributed by atoms with E-state index >= 15 is 0 Å². The second kappa shape index (κ2) is 48.9. The zero-order valence-corrected chi connectivity index (χ0v) is 70.3. The molecule has 6 saturated carbocycles. The van der Waals surface area contributed by atoms with E-state index in [0.29, 0.717) is 104 Å². The molecule has 0 amide bonds. The third kappa shape index (κ3) is 46.0. The molecule has 0 aromatic carbocycles. The molecule has 101 heavy (non-hydrogen) atoms. The van der Waals surface area contributed by atoms with E-state index in [2.05, 4.69) is 48.5 Å². The van der Waals surface area contributed by atoms with Crippen molar-refractivity contribution < 1.29 is 114 Å². The Labute approximate surface area is 629 Å². The molecule has 0 heterocycles. The van der Waals surface area contributed by atoms with E-state index in [1.54, 1.807) is 0 Å². The van der Waals surface area contributed by atoms with Gasteiger partial charge < -0.3 is 57.7 Å². The molecule has 6 fully saturated rings. The van der Waals surface area contributed by atoms with E-state index in [9.17, 15) is 62.4 Å². The average molecular weight is 1680 g/mol. The number of hydrogen-bond acceptors (Lipinski definition) is 19. The van der Waals surface area contributed by atoms with Crippen LogP contribution in [0, 0.1) is 71.0 Å². The lowest BCUT2D eigenvalue weighted by atomic mass is 9.85. The molecule has 6 rings (SSSR count). The molecule has 0 aromatic heterocycles. The van der Waals surface area contributed by atoms with Gasteiger partial charge in [-0.15, -0.1) is 0 Å². The lowest BCUT2D eigenvalue weighted by Crippen LogP contribution is -2.17. The predicted molar refractivity (Wildman–Crippen MR) is 419 cm³/mol. The van der Waals surface area contributed by atoms with Crippen LogP contribution in [0.5, 0.6) is 0 Å². The van der Waals surface area contributed by atoms with Crippen molar-refractivity contribution in [2.75, 3.05) is 87.6 Å². The van der Waals surface area contributed by atoms with Crippen molar-refractivity contribution in [3.8, 4) is 0 Å². The van der Waals surface area contributed by atoms with Crippen molar-refractivity contribution in [2.45, 2.75) is 200 Å². The van der Waals surface area contributed by atoms with Gasteiger partial charge in [0.2, 0.25) is 0 Å². The van der Waals surface area contributed by atoms with Gasteiger partial charge in [0.1, 0.15) is 5.90 Å². The lowest BCUT2D eigenvalue weighted by Gasteiger charge is -2.24. The lowest BCUT2D eigenvalue weighted by molar-refractivity contribution is 0.148. The van der Waals surface area contributed by atoms with Gasteiger partial charge >= 0.3 is 30.7 Å². The minimum atomic E-state index is -5.22. The summed E-state index contributed by atoms with van der Waals surface area (Å²) in [5.41, 5.74) is 0. The standard InChI is InChI=1S/C13H27BO4P2S2.C9H17BF2O4P2.C9H19BO4P2S2.C9H17BO3S.C8H15BF2O5P2.C8H15BO.CH4/c1-4-11-7-13(14)8-12(11)9-18-20(17,22-6-3)10-19(15,16)21-5-2;1-2-7-3-9(10)4-8(7)5-16-18(12,15)6-17(11,13)14;1-2-7-3-9(10)4-8(7)5-14-16(13,18)6-15(11,12)17;1-3-7-4-9(10)5-8(7)6-13-14(2,11)12;9-8-1-6(3-12)7(2-8)4-16-18(11,15)5-17(10,13)14;1-2-6-3-8(9)4-7(6)5-10;/h11-13H,4-10H2,1-3H3,(H,15,16);7-9H,2-6H2,1H3,(H,13,14);7-9H,2-6H2,1H3,(H,13,18)(H2,11,12,17);7-9H,3-6H2,1-2H3;6-8,12H,1-5H2,(H,13,14);6-8,10H,2-5H2,1H3;1H4/t11-,12-,13-,20?;7-,8-,9-,18?;7-,8-,9-,16?;7-,8-,9-;6-,7+,8+,18?;6-,7-,8-;/m111101./s1. The van der Waals surface area contributed by atoms with Gasteiger partial charge in [-0.3, -0.25) is 31.6 Å². The highest BCUT2D eigenvalue weighted by Gasteiger charge is 2.42. The van der Waals surface area contributed by atoms with Crippen LogP contribution >= 0.6 is 79.6 Å². The summed E-state index contributed by atoms with van der Waals surface area (Å²) in [6.07, 6.45) is 16.4. The Morgan fingerprint density at radius 1 is 0.406 bits per heavy atom. The van der Waals surface area contributed by atoms with Crippen LogP contribution in [0.25, 0.3) is 0 Å². The van der Waals surface area contributed by atoms with Gasteiger partial charge in [0, 0.05) is 13.2 Å². The van der Waals surface area contributed by atoms with Crippen molar-refractivity contribution in [3.05, 3.63) is 0 Å². The summed E-state index contributed by atoms with van der Waals surface area (Å²) in [6.45, 7) is 1.62. The van der Waals surface area contributed by atoms with Gasteiger partial charge in [-0.2, -0.15) is 25.2 Å². The van der Waals surface area contributed by atoms with Crippen LogP contribution in [0.4, 0.5) is 16.8 Å². The number of aliphatic hydroxyl groups is 2. The molecular weight excluding hydrogens is 1570 g/mol.